The Hall–Kier alpha value is -2.20. The van der Waals surface area contributed by atoms with Crippen molar-refractivity contribution in [1.29, 1.82) is 0 Å². The van der Waals surface area contributed by atoms with E-state index < -0.39 is 6.10 Å². The average Bonchev–Trinajstić information content (AvgIpc) is 2.43. The summed E-state index contributed by atoms with van der Waals surface area (Å²) in [7, 11) is 0. The predicted molar refractivity (Wildman–Crippen MR) is 83.0 cm³/mol. The highest BCUT2D eigenvalue weighted by Gasteiger charge is 2.15. The van der Waals surface area contributed by atoms with E-state index in [2.05, 4.69) is 5.32 Å². The van der Waals surface area contributed by atoms with Crippen LogP contribution >= 0.6 is 11.6 Å². The van der Waals surface area contributed by atoms with E-state index in [0.717, 1.165) is 5.56 Å². The van der Waals surface area contributed by atoms with E-state index in [0.29, 0.717) is 16.5 Å². The van der Waals surface area contributed by atoms with E-state index in [1.54, 1.807) is 50.2 Å². The molecular formula is C16H16ClNO3. The van der Waals surface area contributed by atoms with Gasteiger partial charge in [-0.15, -0.1) is 0 Å². The molecule has 2 N–H and O–H groups in total. The van der Waals surface area contributed by atoms with Crippen LogP contribution in [0.1, 0.15) is 12.5 Å². The zero-order chi connectivity index (χ0) is 15.4. The quantitative estimate of drug-likeness (QED) is 0.904. The smallest absolute Gasteiger partial charge is 0.265 e. The van der Waals surface area contributed by atoms with Crippen molar-refractivity contribution in [2.75, 3.05) is 5.32 Å². The SMILES string of the molecule is Cc1ccc(NC(=O)C(C)Oc2cccc(Cl)c2)cc1O. The van der Waals surface area contributed by atoms with E-state index in [9.17, 15) is 9.90 Å². The minimum Gasteiger partial charge on any atom is -0.508 e. The minimum atomic E-state index is -0.688. The third kappa shape index (κ3) is 4.13. The molecule has 0 radical (unpaired) electrons. The second-order valence-electron chi connectivity index (χ2n) is 4.71. The van der Waals surface area contributed by atoms with Gasteiger partial charge in [0.25, 0.3) is 5.91 Å². The van der Waals surface area contributed by atoms with Gasteiger partial charge in [0.2, 0.25) is 0 Å². The molecule has 2 aromatic carbocycles. The number of aryl methyl sites for hydroxylation is 1. The molecule has 0 aliphatic rings. The summed E-state index contributed by atoms with van der Waals surface area (Å²) in [5.41, 5.74) is 1.26. The molecular weight excluding hydrogens is 290 g/mol. The molecule has 0 fully saturated rings. The summed E-state index contributed by atoms with van der Waals surface area (Å²) < 4.78 is 5.52. The molecule has 0 aliphatic heterocycles. The Balaban J connectivity index is 2.00. The van der Waals surface area contributed by atoms with E-state index >= 15 is 0 Å². The molecule has 0 heterocycles. The highest BCUT2D eigenvalue weighted by Crippen LogP contribution is 2.22. The Morgan fingerprint density at radius 3 is 2.71 bits per heavy atom. The second-order valence-corrected chi connectivity index (χ2v) is 5.14. The highest BCUT2D eigenvalue weighted by molar-refractivity contribution is 6.30. The Labute approximate surface area is 128 Å². The molecule has 0 saturated carbocycles. The second kappa shape index (κ2) is 6.50. The molecule has 2 rings (SSSR count). The molecule has 0 aromatic heterocycles. The topological polar surface area (TPSA) is 58.6 Å². The number of amides is 1. The fraction of sp³-hybridized carbons (Fsp3) is 0.188. The molecule has 110 valence electrons. The molecule has 2 aromatic rings. The number of phenols is 1. The predicted octanol–water partition coefficient (Wildman–Crippen LogP) is 3.76. The third-order valence-corrected chi connectivity index (χ3v) is 3.19. The van der Waals surface area contributed by atoms with Gasteiger partial charge < -0.3 is 15.2 Å². The van der Waals surface area contributed by atoms with Crippen LogP contribution in [0.5, 0.6) is 11.5 Å². The minimum absolute atomic E-state index is 0.135. The van der Waals surface area contributed by atoms with Gasteiger partial charge >= 0.3 is 0 Å². The van der Waals surface area contributed by atoms with Crippen LogP contribution in [0.3, 0.4) is 0 Å². The molecule has 4 nitrogen and oxygen atoms in total. The number of aromatic hydroxyl groups is 1. The van der Waals surface area contributed by atoms with Crippen LogP contribution in [-0.4, -0.2) is 17.1 Å². The number of nitrogens with one attached hydrogen (secondary N) is 1. The van der Waals surface area contributed by atoms with Crippen molar-refractivity contribution in [3.05, 3.63) is 53.1 Å². The summed E-state index contributed by atoms with van der Waals surface area (Å²) in [6.45, 7) is 3.43. The van der Waals surface area contributed by atoms with Gasteiger partial charge in [0.15, 0.2) is 6.10 Å². The van der Waals surface area contributed by atoms with Crippen LogP contribution in [0.15, 0.2) is 42.5 Å². The number of hydrogen-bond donors (Lipinski definition) is 2. The largest absolute Gasteiger partial charge is 0.508 e. The Morgan fingerprint density at radius 1 is 1.29 bits per heavy atom. The monoisotopic (exact) mass is 305 g/mol. The van der Waals surface area contributed by atoms with E-state index in [4.69, 9.17) is 16.3 Å². The number of halogens is 1. The maximum Gasteiger partial charge on any atom is 0.265 e. The summed E-state index contributed by atoms with van der Waals surface area (Å²) >= 11 is 5.86. The Kier molecular flexibility index (Phi) is 4.70. The number of anilines is 1. The zero-order valence-corrected chi connectivity index (χ0v) is 12.5. The Bertz CT molecular complexity index is 658. The molecule has 21 heavy (non-hydrogen) atoms. The van der Waals surface area contributed by atoms with Gasteiger partial charge in [0.05, 0.1) is 0 Å². The van der Waals surface area contributed by atoms with Gasteiger partial charge in [-0.25, -0.2) is 0 Å². The van der Waals surface area contributed by atoms with Crippen molar-refractivity contribution < 1.29 is 14.6 Å². The fourth-order valence-electron chi connectivity index (χ4n) is 1.73. The first kappa shape index (κ1) is 15.2. The number of hydrogen-bond acceptors (Lipinski definition) is 3. The highest BCUT2D eigenvalue weighted by atomic mass is 35.5. The van der Waals surface area contributed by atoms with Crippen molar-refractivity contribution in [2.45, 2.75) is 20.0 Å². The number of benzene rings is 2. The van der Waals surface area contributed by atoms with Crippen LogP contribution in [0.25, 0.3) is 0 Å². The summed E-state index contributed by atoms with van der Waals surface area (Å²) in [5, 5.41) is 12.9. The maximum atomic E-state index is 12.0. The summed E-state index contributed by atoms with van der Waals surface area (Å²) in [6, 6.07) is 11.8. The summed E-state index contributed by atoms with van der Waals surface area (Å²) in [6.07, 6.45) is -0.688. The maximum absolute atomic E-state index is 12.0. The molecule has 0 saturated heterocycles. The van der Waals surface area contributed by atoms with Crippen LogP contribution in [0.4, 0.5) is 5.69 Å². The lowest BCUT2D eigenvalue weighted by Crippen LogP contribution is -2.30. The molecule has 1 unspecified atom stereocenters. The van der Waals surface area contributed by atoms with Gasteiger partial charge in [-0.2, -0.15) is 0 Å². The van der Waals surface area contributed by atoms with Gasteiger partial charge in [0.1, 0.15) is 11.5 Å². The first-order valence-corrected chi connectivity index (χ1v) is 6.86. The zero-order valence-electron chi connectivity index (χ0n) is 11.8. The van der Waals surface area contributed by atoms with E-state index in [-0.39, 0.29) is 11.7 Å². The Morgan fingerprint density at radius 2 is 2.05 bits per heavy atom. The molecule has 0 aliphatic carbocycles. The summed E-state index contributed by atoms with van der Waals surface area (Å²) in [4.78, 5) is 12.0. The number of carbonyl (C=O) groups is 1. The van der Waals surface area contributed by atoms with Crippen LogP contribution in [-0.2, 0) is 4.79 Å². The average molecular weight is 306 g/mol. The lowest BCUT2D eigenvalue weighted by atomic mass is 10.2. The van der Waals surface area contributed by atoms with E-state index in [1.165, 1.54) is 6.07 Å². The normalized spacial score (nSPS) is 11.8. The first-order valence-electron chi connectivity index (χ1n) is 6.48. The van der Waals surface area contributed by atoms with Gasteiger partial charge in [-0.3, -0.25) is 4.79 Å². The molecule has 1 amide bonds. The summed E-state index contributed by atoms with van der Waals surface area (Å²) in [5.74, 6) is 0.353. The van der Waals surface area contributed by atoms with Crippen molar-refractivity contribution in [1.82, 2.24) is 0 Å². The first-order chi connectivity index (χ1) is 9.95. The van der Waals surface area contributed by atoms with Crippen LogP contribution < -0.4 is 10.1 Å². The molecule has 5 heteroatoms. The lowest BCUT2D eigenvalue weighted by molar-refractivity contribution is -0.122. The van der Waals surface area contributed by atoms with Crippen molar-refractivity contribution >= 4 is 23.2 Å². The number of phenolic OH excluding ortho intramolecular Hbond substituents is 1. The lowest BCUT2D eigenvalue weighted by Gasteiger charge is -2.15. The van der Waals surface area contributed by atoms with Gasteiger partial charge in [-0.05, 0) is 43.7 Å². The van der Waals surface area contributed by atoms with Gasteiger partial charge in [0, 0.05) is 16.8 Å². The van der Waals surface area contributed by atoms with Crippen molar-refractivity contribution in [3.63, 3.8) is 0 Å². The number of rotatable bonds is 4. The van der Waals surface area contributed by atoms with Crippen LogP contribution in [0.2, 0.25) is 5.02 Å². The fourth-order valence-corrected chi connectivity index (χ4v) is 1.91. The third-order valence-electron chi connectivity index (χ3n) is 2.95. The number of carbonyl (C=O) groups excluding carboxylic acids is 1. The van der Waals surface area contributed by atoms with E-state index in [1.807, 2.05) is 0 Å². The van der Waals surface area contributed by atoms with Gasteiger partial charge in [-0.1, -0.05) is 23.7 Å². The molecule has 0 spiro atoms. The van der Waals surface area contributed by atoms with Crippen molar-refractivity contribution in [3.8, 4) is 11.5 Å². The molecule has 0 bridgehead atoms. The molecule has 1 atom stereocenters. The standard InChI is InChI=1S/C16H16ClNO3/c1-10-6-7-13(9-15(10)19)18-16(20)11(2)21-14-5-3-4-12(17)8-14/h3-9,11,19H,1-2H3,(H,18,20). The van der Waals surface area contributed by atoms with Crippen molar-refractivity contribution in [2.24, 2.45) is 0 Å². The van der Waals surface area contributed by atoms with Crippen LogP contribution in [0, 0.1) is 6.92 Å². The number of ether oxygens (including phenoxy) is 1.